The molecule has 4 heteroatoms. The van der Waals surface area contributed by atoms with Gasteiger partial charge in [0.2, 0.25) is 0 Å². The van der Waals surface area contributed by atoms with Gasteiger partial charge in [0.1, 0.15) is 5.01 Å². The van der Waals surface area contributed by atoms with Crippen LogP contribution >= 0.6 is 11.3 Å². The Labute approximate surface area is 128 Å². The minimum absolute atomic E-state index is 0.276. The highest BCUT2D eigenvalue weighted by molar-refractivity contribution is 7.17. The molecule has 0 saturated heterocycles. The molecule has 0 bridgehead atoms. The summed E-state index contributed by atoms with van der Waals surface area (Å²) >= 11 is 1.57. The molecule has 1 aliphatic carbocycles. The van der Waals surface area contributed by atoms with Crippen molar-refractivity contribution >= 4 is 22.8 Å². The molecule has 2 aromatic rings. The summed E-state index contributed by atoms with van der Waals surface area (Å²) in [5, 5.41) is 1.01. The fraction of sp³-hybridized carbons (Fsp3) is 0.412. The molecule has 3 nitrogen and oxygen atoms in total. The first-order valence-corrected chi connectivity index (χ1v) is 8.41. The molecule has 0 saturated carbocycles. The van der Waals surface area contributed by atoms with E-state index in [1.165, 1.54) is 17.7 Å². The van der Waals surface area contributed by atoms with Crippen LogP contribution in [0.1, 0.15) is 40.2 Å². The van der Waals surface area contributed by atoms with Gasteiger partial charge in [0.25, 0.3) is 0 Å². The van der Waals surface area contributed by atoms with E-state index in [0.29, 0.717) is 6.42 Å². The summed E-state index contributed by atoms with van der Waals surface area (Å²) in [6.45, 7) is 1.13. The first-order chi connectivity index (χ1) is 10.2. The maximum absolute atomic E-state index is 12.0. The lowest BCUT2D eigenvalue weighted by Gasteiger charge is -2.27. The highest BCUT2D eigenvalue weighted by Gasteiger charge is 2.23. The van der Waals surface area contributed by atoms with Crippen LogP contribution in [-0.2, 0) is 12.8 Å². The van der Waals surface area contributed by atoms with Crippen LogP contribution < -0.4 is 4.90 Å². The van der Waals surface area contributed by atoms with Gasteiger partial charge in [-0.15, -0.1) is 11.3 Å². The molecule has 1 aromatic heterocycles. The Morgan fingerprint density at radius 2 is 2.10 bits per heavy atom. The number of carbonyl (C=O) groups is 1. The Bertz CT molecular complexity index is 720. The smallest absolute Gasteiger partial charge is 0.174 e. The Hall–Kier alpha value is -1.68. The monoisotopic (exact) mass is 298 g/mol. The highest BCUT2D eigenvalue weighted by Crippen LogP contribution is 2.35. The number of hydrogen-bond donors (Lipinski definition) is 0. The number of ketones is 1. The minimum Gasteiger partial charge on any atom is -0.374 e. The first-order valence-electron chi connectivity index (χ1n) is 7.60. The average Bonchev–Trinajstić information content (AvgIpc) is 2.93. The Morgan fingerprint density at radius 3 is 2.95 bits per heavy atom. The van der Waals surface area contributed by atoms with E-state index in [0.717, 1.165) is 46.9 Å². The Balaban J connectivity index is 1.76. The van der Waals surface area contributed by atoms with E-state index in [1.54, 1.807) is 11.3 Å². The van der Waals surface area contributed by atoms with Crippen molar-refractivity contribution in [3.8, 4) is 10.6 Å². The van der Waals surface area contributed by atoms with Gasteiger partial charge < -0.3 is 4.90 Å². The van der Waals surface area contributed by atoms with Crippen molar-refractivity contribution in [2.24, 2.45) is 0 Å². The second-order valence-corrected chi connectivity index (χ2v) is 6.94. The number of Topliss-reactive ketones (excluding diaryl/α,β-unsaturated/α-hetero) is 1. The number of carbonyl (C=O) groups excluding carboxylic acids is 1. The highest BCUT2D eigenvalue weighted by atomic mass is 32.1. The molecule has 0 amide bonds. The number of aryl methyl sites for hydroxylation is 2. The van der Waals surface area contributed by atoms with E-state index in [4.69, 9.17) is 4.98 Å². The van der Waals surface area contributed by atoms with Crippen molar-refractivity contribution in [3.63, 3.8) is 0 Å². The molecule has 2 aliphatic rings. The number of benzene rings is 1. The van der Waals surface area contributed by atoms with E-state index >= 15 is 0 Å². The molecule has 108 valence electrons. The van der Waals surface area contributed by atoms with Crippen LogP contribution in [0.4, 0.5) is 5.69 Å². The van der Waals surface area contributed by atoms with E-state index in [2.05, 4.69) is 30.1 Å². The van der Waals surface area contributed by atoms with E-state index < -0.39 is 0 Å². The summed E-state index contributed by atoms with van der Waals surface area (Å²) < 4.78 is 0. The normalized spacial score (nSPS) is 17.6. The molecule has 0 atom stereocenters. The van der Waals surface area contributed by atoms with Gasteiger partial charge >= 0.3 is 0 Å². The van der Waals surface area contributed by atoms with Crippen molar-refractivity contribution < 1.29 is 4.79 Å². The molecule has 21 heavy (non-hydrogen) atoms. The molecule has 2 heterocycles. The van der Waals surface area contributed by atoms with Crippen molar-refractivity contribution in [2.75, 3.05) is 18.5 Å². The third-order valence-electron chi connectivity index (χ3n) is 4.45. The van der Waals surface area contributed by atoms with Crippen LogP contribution in [-0.4, -0.2) is 24.4 Å². The molecule has 0 spiro atoms. The van der Waals surface area contributed by atoms with Crippen LogP contribution in [0.15, 0.2) is 18.2 Å². The summed E-state index contributed by atoms with van der Waals surface area (Å²) in [5.41, 5.74) is 4.92. The number of rotatable bonds is 1. The first kappa shape index (κ1) is 13.0. The maximum atomic E-state index is 12.0. The summed E-state index contributed by atoms with van der Waals surface area (Å²) in [4.78, 5) is 19.9. The van der Waals surface area contributed by atoms with Crippen molar-refractivity contribution in [3.05, 3.63) is 34.3 Å². The van der Waals surface area contributed by atoms with Gasteiger partial charge in [0.15, 0.2) is 5.78 Å². The van der Waals surface area contributed by atoms with Crippen molar-refractivity contribution in [1.82, 2.24) is 4.98 Å². The van der Waals surface area contributed by atoms with Crippen molar-refractivity contribution in [1.29, 1.82) is 0 Å². The second kappa shape index (κ2) is 4.95. The number of aromatic nitrogens is 1. The van der Waals surface area contributed by atoms with Gasteiger partial charge in [-0.3, -0.25) is 4.79 Å². The van der Waals surface area contributed by atoms with E-state index in [9.17, 15) is 4.79 Å². The summed E-state index contributed by atoms with van der Waals surface area (Å²) in [6, 6.07) is 6.61. The van der Waals surface area contributed by atoms with E-state index in [1.807, 2.05) is 0 Å². The minimum atomic E-state index is 0.276. The largest absolute Gasteiger partial charge is 0.374 e. The predicted octanol–water partition coefficient (Wildman–Crippen LogP) is 3.71. The van der Waals surface area contributed by atoms with Crippen LogP contribution in [0.3, 0.4) is 0 Å². The summed E-state index contributed by atoms with van der Waals surface area (Å²) in [6.07, 6.45) is 4.93. The number of nitrogens with zero attached hydrogens (tertiary/aromatic N) is 2. The quantitative estimate of drug-likeness (QED) is 0.804. The standard InChI is InChI=1S/C17H18N2OS/c1-19-9-3-4-11-10-12(7-8-14(11)19)17-18-13-5-2-6-15(20)16(13)21-17/h7-8,10H,2-6,9H2,1H3. The molecule has 0 fully saturated rings. The van der Waals surface area contributed by atoms with Crippen LogP contribution in [0.5, 0.6) is 0 Å². The zero-order chi connectivity index (χ0) is 14.4. The average molecular weight is 298 g/mol. The number of thiazole rings is 1. The zero-order valence-electron chi connectivity index (χ0n) is 12.2. The molecule has 1 aromatic carbocycles. The van der Waals surface area contributed by atoms with Gasteiger partial charge in [-0.05, 0) is 49.4 Å². The summed E-state index contributed by atoms with van der Waals surface area (Å²) in [7, 11) is 2.15. The SMILES string of the molecule is CN1CCCc2cc(-c3nc4c(s3)C(=O)CCC4)ccc21. The van der Waals surface area contributed by atoms with Crippen molar-refractivity contribution in [2.45, 2.75) is 32.1 Å². The van der Waals surface area contributed by atoms with Gasteiger partial charge in [0, 0.05) is 31.3 Å². The fourth-order valence-electron chi connectivity index (χ4n) is 3.31. The van der Waals surface area contributed by atoms with Gasteiger partial charge in [0.05, 0.1) is 10.6 Å². The zero-order valence-corrected chi connectivity index (χ0v) is 13.0. The molecule has 4 rings (SSSR count). The van der Waals surface area contributed by atoms with Gasteiger partial charge in [-0.1, -0.05) is 0 Å². The lowest BCUT2D eigenvalue weighted by Crippen LogP contribution is -2.24. The second-order valence-electron chi connectivity index (χ2n) is 5.94. The molecular weight excluding hydrogens is 280 g/mol. The van der Waals surface area contributed by atoms with Crippen LogP contribution in [0, 0.1) is 0 Å². The third kappa shape index (κ3) is 2.18. The third-order valence-corrected chi connectivity index (χ3v) is 5.63. The number of anilines is 1. The van der Waals surface area contributed by atoms with Gasteiger partial charge in [-0.25, -0.2) is 4.98 Å². The fourth-order valence-corrected chi connectivity index (χ4v) is 4.39. The van der Waals surface area contributed by atoms with Gasteiger partial charge in [-0.2, -0.15) is 0 Å². The molecule has 0 radical (unpaired) electrons. The number of hydrogen-bond acceptors (Lipinski definition) is 4. The van der Waals surface area contributed by atoms with Crippen LogP contribution in [0.2, 0.25) is 0 Å². The maximum Gasteiger partial charge on any atom is 0.174 e. The molecule has 0 N–H and O–H groups in total. The lowest BCUT2D eigenvalue weighted by atomic mass is 9.99. The topological polar surface area (TPSA) is 33.2 Å². The molecular formula is C17H18N2OS. The number of fused-ring (bicyclic) bond motifs is 2. The summed E-state index contributed by atoms with van der Waals surface area (Å²) in [5.74, 6) is 0.276. The lowest BCUT2D eigenvalue weighted by molar-refractivity contribution is 0.0976. The molecule has 0 unspecified atom stereocenters. The Kier molecular flexibility index (Phi) is 3.07. The van der Waals surface area contributed by atoms with Crippen LogP contribution in [0.25, 0.3) is 10.6 Å². The van der Waals surface area contributed by atoms with E-state index in [-0.39, 0.29) is 5.78 Å². The molecule has 1 aliphatic heterocycles. The predicted molar refractivity (Wildman–Crippen MR) is 86.4 cm³/mol. The Morgan fingerprint density at radius 1 is 1.19 bits per heavy atom.